The number of carboxylic acids is 1. The molecule has 0 saturated heterocycles. The van der Waals surface area contributed by atoms with Gasteiger partial charge >= 0.3 is 5.97 Å². The van der Waals surface area contributed by atoms with Crippen molar-refractivity contribution in [3.63, 3.8) is 0 Å². The molecule has 0 heterocycles. The fourth-order valence-electron chi connectivity index (χ4n) is 1.50. The first kappa shape index (κ1) is 14.2. The monoisotopic (exact) mass is 251 g/mol. The lowest BCUT2D eigenvalue weighted by molar-refractivity contribution is -0.141. The van der Waals surface area contributed by atoms with E-state index in [1.54, 1.807) is 18.2 Å². The van der Waals surface area contributed by atoms with Crippen LogP contribution in [0.15, 0.2) is 18.2 Å². The van der Waals surface area contributed by atoms with Crippen LogP contribution in [-0.2, 0) is 4.79 Å². The average molecular weight is 251 g/mol. The van der Waals surface area contributed by atoms with Gasteiger partial charge in [0.05, 0.1) is 6.10 Å². The SMILES string of the molecule is Cc1ccc(C(=O)NC(C(=O)O)C(C)O)cc1C. The predicted molar refractivity (Wildman–Crippen MR) is 66.5 cm³/mol. The number of rotatable bonds is 4. The van der Waals surface area contributed by atoms with E-state index < -0.39 is 24.0 Å². The molecule has 2 atom stereocenters. The van der Waals surface area contributed by atoms with Crippen LogP contribution in [0.4, 0.5) is 0 Å². The maximum Gasteiger partial charge on any atom is 0.328 e. The van der Waals surface area contributed by atoms with Crippen LogP contribution >= 0.6 is 0 Å². The van der Waals surface area contributed by atoms with Crippen LogP contribution in [0, 0.1) is 13.8 Å². The summed E-state index contributed by atoms with van der Waals surface area (Å²) in [4.78, 5) is 22.7. The molecule has 0 spiro atoms. The van der Waals surface area contributed by atoms with Crippen LogP contribution < -0.4 is 5.32 Å². The second-order valence-electron chi connectivity index (χ2n) is 4.33. The van der Waals surface area contributed by atoms with Crippen molar-refractivity contribution in [1.82, 2.24) is 5.32 Å². The fraction of sp³-hybridized carbons (Fsp3) is 0.385. The maximum absolute atomic E-state index is 11.8. The van der Waals surface area contributed by atoms with E-state index in [4.69, 9.17) is 5.11 Å². The minimum absolute atomic E-state index is 0.380. The van der Waals surface area contributed by atoms with Gasteiger partial charge < -0.3 is 15.5 Å². The molecule has 0 saturated carbocycles. The molecule has 0 aromatic heterocycles. The number of aliphatic hydroxyl groups excluding tert-OH is 1. The van der Waals surface area contributed by atoms with E-state index in [9.17, 15) is 14.7 Å². The number of benzene rings is 1. The number of aryl methyl sites for hydroxylation is 2. The number of aliphatic carboxylic acids is 1. The van der Waals surface area contributed by atoms with Gasteiger partial charge in [0.2, 0.25) is 0 Å². The van der Waals surface area contributed by atoms with E-state index in [0.717, 1.165) is 11.1 Å². The van der Waals surface area contributed by atoms with Crippen molar-refractivity contribution < 1.29 is 19.8 Å². The number of carbonyl (C=O) groups excluding carboxylic acids is 1. The Morgan fingerprint density at radius 3 is 2.28 bits per heavy atom. The fourth-order valence-corrected chi connectivity index (χ4v) is 1.50. The van der Waals surface area contributed by atoms with Gasteiger partial charge in [-0.25, -0.2) is 4.79 Å². The highest BCUT2D eigenvalue weighted by atomic mass is 16.4. The van der Waals surface area contributed by atoms with Crippen LogP contribution in [0.25, 0.3) is 0 Å². The minimum atomic E-state index is -1.31. The molecule has 0 aliphatic heterocycles. The van der Waals surface area contributed by atoms with E-state index in [-0.39, 0.29) is 0 Å². The Balaban J connectivity index is 2.87. The molecular weight excluding hydrogens is 234 g/mol. The summed E-state index contributed by atoms with van der Waals surface area (Å²) < 4.78 is 0. The molecular formula is C13H17NO4. The van der Waals surface area contributed by atoms with Crippen LogP contribution in [0.3, 0.4) is 0 Å². The first-order valence-electron chi connectivity index (χ1n) is 5.62. The van der Waals surface area contributed by atoms with Crippen LogP contribution in [0.1, 0.15) is 28.4 Å². The topological polar surface area (TPSA) is 86.6 Å². The quantitative estimate of drug-likeness (QED) is 0.741. The van der Waals surface area contributed by atoms with Gasteiger partial charge in [0.15, 0.2) is 6.04 Å². The third-order valence-electron chi connectivity index (χ3n) is 2.80. The van der Waals surface area contributed by atoms with Crippen LogP contribution in [0.2, 0.25) is 0 Å². The number of aliphatic hydroxyl groups is 1. The molecule has 18 heavy (non-hydrogen) atoms. The van der Waals surface area contributed by atoms with E-state index in [2.05, 4.69) is 5.32 Å². The predicted octanol–water partition coefficient (Wildman–Crippen LogP) is 0.867. The Labute approximate surface area is 105 Å². The van der Waals surface area contributed by atoms with Crippen molar-refractivity contribution >= 4 is 11.9 Å². The molecule has 5 heteroatoms. The largest absolute Gasteiger partial charge is 0.480 e. The van der Waals surface area contributed by atoms with Gasteiger partial charge in [-0.15, -0.1) is 0 Å². The minimum Gasteiger partial charge on any atom is -0.480 e. The normalized spacial score (nSPS) is 13.8. The molecule has 1 aromatic rings. The van der Waals surface area contributed by atoms with Gasteiger partial charge in [-0.3, -0.25) is 4.79 Å². The van der Waals surface area contributed by atoms with E-state index >= 15 is 0 Å². The third kappa shape index (κ3) is 3.30. The zero-order chi connectivity index (χ0) is 13.9. The molecule has 0 aliphatic carbocycles. The summed E-state index contributed by atoms with van der Waals surface area (Å²) in [5.41, 5.74) is 2.38. The Morgan fingerprint density at radius 1 is 1.22 bits per heavy atom. The number of carbonyl (C=O) groups is 2. The van der Waals surface area contributed by atoms with Crippen LogP contribution in [-0.4, -0.2) is 34.2 Å². The molecule has 0 radical (unpaired) electrons. The summed E-state index contributed by atoms with van der Waals surface area (Å²) in [5.74, 6) is -1.77. The highest BCUT2D eigenvalue weighted by molar-refractivity contribution is 5.96. The average Bonchev–Trinajstić information content (AvgIpc) is 2.28. The van der Waals surface area contributed by atoms with Gasteiger partial charge in [0.1, 0.15) is 0 Å². The summed E-state index contributed by atoms with van der Waals surface area (Å²) in [6, 6.07) is 3.80. The van der Waals surface area contributed by atoms with Gasteiger partial charge in [-0.2, -0.15) is 0 Å². The van der Waals surface area contributed by atoms with Crippen molar-refractivity contribution in [2.45, 2.75) is 32.9 Å². The second kappa shape index (κ2) is 5.64. The van der Waals surface area contributed by atoms with E-state index in [0.29, 0.717) is 5.56 Å². The lowest BCUT2D eigenvalue weighted by atomic mass is 10.1. The highest BCUT2D eigenvalue weighted by Crippen LogP contribution is 2.10. The Hall–Kier alpha value is -1.88. The van der Waals surface area contributed by atoms with Crippen molar-refractivity contribution in [2.24, 2.45) is 0 Å². The summed E-state index contributed by atoms with van der Waals surface area (Å²) in [6.07, 6.45) is -1.15. The Morgan fingerprint density at radius 2 is 1.83 bits per heavy atom. The lowest BCUT2D eigenvalue weighted by Crippen LogP contribution is -2.47. The van der Waals surface area contributed by atoms with Gasteiger partial charge in [-0.1, -0.05) is 6.07 Å². The Kier molecular flexibility index (Phi) is 4.44. The molecule has 98 valence electrons. The van der Waals surface area contributed by atoms with Crippen LogP contribution in [0.5, 0.6) is 0 Å². The lowest BCUT2D eigenvalue weighted by Gasteiger charge is -2.17. The zero-order valence-corrected chi connectivity index (χ0v) is 10.6. The molecule has 5 nitrogen and oxygen atoms in total. The molecule has 1 aromatic carbocycles. The zero-order valence-electron chi connectivity index (χ0n) is 10.6. The smallest absolute Gasteiger partial charge is 0.328 e. The van der Waals surface area contributed by atoms with Gasteiger partial charge in [0, 0.05) is 5.56 Å². The molecule has 2 unspecified atom stereocenters. The maximum atomic E-state index is 11.8. The number of amides is 1. The number of hydrogen-bond acceptors (Lipinski definition) is 3. The second-order valence-corrected chi connectivity index (χ2v) is 4.33. The van der Waals surface area contributed by atoms with E-state index in [1.165, 1.54) is 6.92 Å². The van der Waals surface area contributed by atoms with Crippen molar-refractivity contribution in [3.05, 3.63) is 34.9 Å². The standard InChI is InChI=1S/C13H17NO4/c1-7-4-5-10(6-8(7)2)12(16)14-11(9(3)15)13(17)18/h4-6,9,11,15H,1-3H3,(H,14,16)(H,17,18). The molecule has 3 N–H and O–H groups in total. The summed E-state index contributed by atoms with van der Waals surface area (Å²) in [5, 5.41) is 20.4. The third-order valence-corrected chi connectivity index (χ3v) is 2.80. The number of hydrogen-bond donors (Lipinski definition) is 3. The first-order valence-corrected chi connectivity index (χ1v) is 5.62. The molecule has 0 bridgehead atoms. The number of carboxylic acid groups (broad SMARTS) is 1. The van der Waals surface area contributed by atoms with Gasteiger partial charge in [0.25, 0.3) is 5.91 Å². The Bertz CT molecular complexity index is 468. The van der Waals surface area contributed by atoms with Crippen molar-refractivity contribution in [3.8, 4) is 0 Å². The summed E-state index contributed by atoms with van der Waals surface area (Å²) in [6.45, 7) is 5.11. The van der Waals surface area contributed by atoms with Crippen molar-refractivity contribution in [1.29, 1.82) is 0 Å². The molecule has 1 amide bonds. The molecule has 0 aliphatic rings. The van der Waals surface area contributed by atoms with Gasteiger partial charge in [-0.05, 0) is 44.0 Å². The van der Waals surface area contributed by atoms with Crippen molar-refractivity contribution in [2.75, 3.05) is 0 Å². The summed E-state index contributed by atoms with van der Waals surface area (Å²) >= 11 is 0. The van der Waals surface area contributed by atoms with E-state index in [1.807, 2.05) is 13.8 Å². The number of nitrogens with one attached hydrogen (secondary N) is 1. The summed E-state index contributed by atoms with van der Waals surface area (Å²) in [7, 11) is 0. The first-order chi connectivity index (χ1) is 8.32. The molecule has 0 fully saturated rings. The molecule has 1 rings (SSSR count). The highest BCUT2D eigenvalue weighted by Gasteiger charge is 2.25.